The minimum absolute atomic E-state index is 0.983. The second-order valence-electron chi connectivity index (χ2n) is 3.34. The molecule has 0 aliphatic rings. The summed E-state index contributed by atoms with van der Waals surface area (Å²) in [6, 6.07) is 8.58. The molecule has 0 radical (unpaired) electrons. The fraction of sp³-hybridized carbons (Fsp3) is 0.385. The highest BCUT2D eigenvalue weighted by atomic mass is 32.2. The van der Waals surface area contributed by atoms with Gasteiger partial charge in [-0.1, -0.05) is 36.9 Å². The lowest BCUT2D eigenvalue weighted by atomic mass is 10.1. The Morgan fingerprint density at radius 2 is 2.00 bits per heavy atom. The second-order valence-corrected chi connectivity index (χ2v) is 6.11. The van der Waals surface area contributed by atoms with E-state index in [9.17, 15) is 0 Å². The monoisotopic (exact) mass is 270 g/mol. The first-order valence-corrected chi connectivity index (χ1v) is 8.28. The second kappa shape index (κ2) is 9.08. The van der Waals surface area contributed by atoms with Crippen LogP contribution in [0.5, 0.6) is 0 Å². The lowest BCUT2D eigenvalue weighted by Gasteiger charge is -2.03. The Labute approximate surface area is 113 Å². The fourth-order valence-electron chi connectivity index (χ4n) is 1.28. The smallest absolute Gasteiger partial charge is 0.0185 e. The molecule has 3 heteroatoms. The molecule has 0 N–H and O–H groups in total. The molecule has 0 saturated heterocycles. The van der Waals surface area contributed by atoms with Crippen molar-refractivity contribution >= 4 is 42.2 Å². The van der Waals surface area contributed by atoms with Crippen molar-refractivity contribution in [3.63, 3.8) is 0 Å². The Morgan fingerprint density at radius 3 is 2.75 bits per heavy atom. The minimum Gasteiger partial charge on any atom is -0.179 e. The van der Waals surface area contributed by atoms with Crippen LogP contribution in [0.4, 0.5) is 0 Å². The molecule has 16 heavy (non-hydrogen) atoms. The molecule has 0 aromatic heterocycles. The van der Waals surface area contributed by atoms with Crippen LogP contribution in [0.2, 0.25) is 0 Å². The Balaban J connectivity index is 2.18. The first-order chi connectivity index (χ1) is 7.86. The minimum atomic E-state index is 0.983. The number of hydrogen-bond acceptors (Lipinski definition) is 3. The van der Waals surface area contributed by atoms with E-state index in [1.165, 1.54) is 22.6 Å². The Bertz CT molecular complexity index is 310. The van der Waals surface area contributed by atoms with Crippen molar-refractivity contribution in [2.75, 3.05) is 23.0 Å². The first kappa shape index (κ1) is 14.1. The predicted octanol–water partition coefficient (Wildman–Crippen LogP) is 4.23. The Hall–Kier alpha value is 0.01000. The number of thiol groups is 1. The summed E-state index contributed by atoms with van der Waals surface area (Å²) in [5.74, 6) is 5.69. The van der Waals surface area contributed by atoms with E-state index in [4.69, 9.17) is 0 Å². The number of hydrogen-bond donors (Lipinski definition) is 1. The predicted molar refractivity (Wildman–Crippen MR) is 83.9 cm³/mol. The van der Waals surface area contributed by atoms with Crippen LogP contribution in [-0.4, -0.2) is 23.0 Å². The Morgan fingerprint density at radius 1 is 1.19 bits per heavy atom. The van der Waals surface area contributed by atoms with Gasteiger partial charge in [-0.25, -0.2) is 0 Å². The van der Waals surface area contributed by atoms with Gasteiger partial charge in [-0.05, 0) is 16.9 Å². The molecule has 0 fully saturated rings. The SMILES string of the molecule is C=Cc1cccc(CSCCSCCS)c1. The summed E-state index contributed by atoms with van der Waals surface area (Å²) in [6.07, 6.45) is 1.90. The van der Waals surface area contributed by atoms with Crippen LogP contribution in [0.1, 0.15) is 11.1 Å². The van der Waals surface area contributed by atoms with Gasteiger partial charge >= 0.3 is 0 Å². The van der Waals surface area contributed by atoms with Gasteiger partial charge in [0.2, 0.25) is 0 Å². The quantitative estimate of drug-likeness (QED) is 0.554. The van der Waals surface area contributed by atoms with Gasteiger partial charge in [-0.15, -0.1) is 0 Å². The van der Waals surface area contributed by atoms with Crippen molar-refractivity contribution in [1.29, 1.82) is 0 Å². The van der Waals surface area contributed by atoms with Gasteiger partial charge in [0.1, 0.15) is 0 Å². The lowest BCUT2D eigenvalue weighted by molar-refractivity contribution is 1.39. The highest BCUT2D eigenvalue weighted by Crippen LogP contribution is 2.15. The van der Waals surface area contributed by atoms with Crippen LogP contribution >= 0.6 is 36.2 Å². The van der Waals surface area contributed by atoms with E-state index in [0.29, 0.717) is 0 Å². The third kappa shape index (κ3) is 5.92. The topological polar surface area (TPSA) is 0 Å². The maximum Gasteiger partial charge on any atom is 0.0185 e. The van der Waals surface area contributed by atoms with Crippen LogP contribution in [0.15, 0.2) is 30.8 Å². The molecule has 0 amide bonds. The maximum absolute atomic E-state index is 4.19. The van der Waals surface area contributed by atoms with Crippen molar-refractivity contribution in [3.8, 4) is 0 Å². The summed E-state index contributed by atoms with van der Waals surface area (Å²) in [5.41, 5.74) is 2.60. The molecule has 1 aromatic rings. The highest BCUT2D eigenvalue weighted by molar-refractivity contribution is 8.02. The van der Waals surface area contributed by atoms with Crippen molar-refractivity contribution in [2.24, 2.45) is 0 Å². The van der Waals surface area contributed by atoms with Gasteiger partial charge in [0.15, 0.2) is 0 Å². The fourth-order valence-corrected chi connectivity index (χ4v) is 3.51. The molecule has 0 aliphatic carbocycles. The van der Waals surface area contributed by atoms with Gasteiger partial charge in [-0.2, -0.15) is 36.2 Å². The highest BCUT2D eigenvalue weighted by Gasteiger charge is 1.95. The maximum atomic E-state index is 4.19. The van der Waals surface area contributed by atoms with Crippen molar-refractivity contribution < 1.29 is 0 Å². The number of benzene rings is 1. The van der Waals surface area contributed by atoms with E-state index in [1.807, 2.05) is 29.6 Å². The van der Waals surface area contributed by atoms with E-state index in [0.717, 1.165) is 17.3 Å². The normalized spacial score (nSPS) is 10.3. The zero-order valence-electron chi connectivity index (χ0n) is 9.39. The molecule has 0 spiro atoms. The molecule has 0 aliphatic heterocycles. The summed E-state index contributed by atoms with van der Waals surface area (Å²) in [5, 5.41) is 0. The molecule has 88 valence electrons. The van der Waals surface area contributed by atoms with Crippen LogP contribution in [0, 0.1) is 0 Å². The molecule has 1 rings (SSSR count). The molecule has 0 bridgehead atoms. The van der Waals surface area contributed by atoms with Gasteiger partial charge < -0.3 is 0 Å². The molecular formula is C13H18S3. The average molecular weight is 270 g/mol. The van der Waals surface area contributed by atoms with Crippen LogP contribution < -0.4 is 0 Å². The van der Waals surface area contributed by atoms with E-state index in [-0.39, 0.29) is 0 Å². The molecule has 0 atom stereocenters. The number of rotatable bonds is 8. The van der Waals surface area contributed by atoms with Crippen LogP contribution in [0.25, 0.3) is 6.08 Å². The molecule has 0 heterocycles. The summed E-state index contributed by atoms with van der Waals surface area (Å²) >= 11 is 8.17. The zero-order chi connectivity index (χ0) is 11.6. The molecule has 0 nitrogen and oxygen atoms in total. The largest absolute Gasteiger partial charge is 0.179 e. The Kier molecular flexibility index (Phi) is 7.99. The summed E-state index contributed by atoms with van der Waals surface area (Å²) in [6.45, 7) is 3.78. The van der Waals surface area contributed by atoms with E-state index < -0.39 is 0 Å². The standard InChI is InChI=1S/C13H18S3/c1-2-12-4-3-5-13(10-12)11-16-9-8-15-7-6-14/h2-5,10,14H,1,6-9,11H2. The summed E-state index contributed by atoms with van der Waals surface area (Å²) in [7, 11) is 0. The number of thioether (sulfide) groups is 2. The van der Waals surface area contributed by atoms with Crippen LogP contribution in [-0.2, 0) is 5.75 Å². The lowest BCUT2D eigenvalue weighted by Crippen LogP contribution is -1.89. The average Bonchev–Trinajstić information content (AvgIpc) is 2.34. The third-order valence-corrected chi connectivity index (χ3v) is 4.86. The molecular weight excluding hydrogens is 252 g/mol. The van der Waals surface area contributed by atoms with Crippen molar-refractivity contribution in [3.05, 3.63) is 42.0 Å². The van der Waals surface area contributed by atoms with E-state index >= 15 is 0 Å². The third-order valence-electron chi connectivity index (χ3n) is 2.06. The summed E-state index contributed by atoms with van der Waals surface area (Å²) < 4.78 is 0. The van der Waals surface area contributed by atoms with Gasteiger partial charge in [-0.3, -0.25) is 0 Å². The summed E-state index contributed by atoms with van der Waals surface area (Å²) in [4.78, 5) is 0. The van der Waals surface area contributed by atoms with E-state index in [1.54, 1.807) is 0 Å². The van der Waals surface area contributed by atoms with Crippen molar-refractivity contribution in [1.82, 2.24) is 0 Å². The van der Waals surface area contributed by atoms with Gasteiger partial charge in [0.25, 0.3) is 0 Å². The molecule has 1 aromatic carbocycles. The van der Waals surface area contributed by atoms with Crippen LogP contribution in [0.3, 0.4) is 0 Å². The van der Waals surface area contributed by atoms with Gasteiger partial charge in [0.05, 0.1) is 0 Å². The first-order valence-electron chi connectivity index (χ1n) is 5.34. The van der Waals surface area contributed by atoms with Gasteiger partial charge in [0, 0.05) is 23.0 Å². The zero-order valence-corrected chi connectivity index (χ0v) is 11.9. The van der Waals surface area contributed by atoms with Crippen molar-refractivity contribution in [2.45, 2.75) is 5.75 Å². The van der Waals surface area contributed by atoms with E-state index in [2.05, 4.69) is 43.5 Å². The molecule has 0 unspecified atom stereocenters. The molecule has 0 saturated carbocycles.